The van der Waals surface area contributed by atoms with Crippen molar-refractivity contribution in [3.63, 3.8) is 0 Å². The summed E-state index contributed by atoms with van der Waals surface area (Å²) in [5.74, 6) is 0.793. The van der Waals surface area contributed by atoms with E-state index < -0.39 is 5.91 Å². The Labute approximate surface area is 173 Å². The molecule has 0 aliphatic heterocycles. The summed E-state index contributed by atoms with van der Waals surface area (Å²) in [7, 11) is 1.58. The van der Waals surface area contributed by atoms with E-state index in [-0.39, 0.29) is 11.6 Å². The van der Waals surface area contributed by atoms with Gasteiger partial charge in [0.1, 0.15) is 11.6 Å². The standard InChI is InChI=1S/C21H21IN2O3/c1-4-27-19-12-15(11-18(22)20(19)26-3)10-17(13-23)21(25)24-14(2)16-8-6-5-7-9-16/h5-12,14H,4H2,1-3H3,(H,24,25)/b17-10-/t14-/m0/s1. The van der Waals surface area contributed by atoms with Crippen LogP contribution in [0.15, 0.2) is 48.0 Å². The molecular formula is C21H21IN2O3. The molecule has 140 valence electrons. The summed E-state index contributed by atoms with van der Waals surface area (Å²) in [5, 5.41) is 12.3. The average Bonchev–Trinajstić information content (AvgIpc) is 2.66. The first-order valence-electron chi connectivity index (χ1n) is 8.48. The molecule has 0 aliphatic carbocycles. The van der Waals surface area contributed by atoms with Crippen LogP contribution < -0.4 is 14.8 Å². The average molecular weight is 476 g/mol. The van der Waals surface area contributed by atoms with Gasteiger partial charge in [0.25, 0.3) is 5.91 Å². The first kappa shape index (κ1) is 20.8. The number of rotatable bonds is 7. The first-order chi connectivity index (χ1) is 13.0. The van der Waals surface area contributed by atoms with Gasteiger partial charge in [-0.2, -0.15) is 5.26 Å². The minimum Gasteiger partial charge on any atom is -0.492 e. The van der Waals surface area contributed by atoms with E-state index in [0.717, 1.165) is 9.13 Å². The lowest BCUT2D eigenvalue weighted by molar-refractivity contribution is -0.117. The van der Waals surface area contributed by atoms with Crippen molar-refractivity contribution in [1.82, 2.24) is 5.32 Å². The van der Waals surface area contributed by atoms with Crippen molar-refractivity contribution in [3.05, 3.63) is 62.7 Å². The van der Waals surface area contributed by atoms with Gasteiger partial charge in [0.05, 0.1) is 23.3 Å². The summed E-state index contributed by atoms with van der Waals surface area (Å²) >= 11 is 2.14. The Hall–Kier alpha value is -2.53. The lowest BCUT2D eigenvalue weighted by Crippen LogP contribution is -2.27. The van der Waals surface area contributed by atoms with Gasteiger partial charge in [0.2, 0.25) is 0 Å². The third kappa shape index (κ3) is 5.47. The number of benzene rings is 2. The third-order valence-electron chi connectivity index (χ3n) is 3.86. The van der Waals surface area contributed by atoms with E-state index in [4.69, 9.17) is 9.47 Å². The Morgan fingerprint density at radius 2 is 2.04 bits per heavy atom. The van der Waals surface area contributed by atoms with Crippen molar-refractivity contribution in [2.75, 3.05) is 13.7 Å². The molecular weight excluding hydrogens is 455 g/mol. The molecule has 0 heterocycles. The van der Waals surface area contributed by atoms with Crippen molar-refractivity contribution in [1.29, 1.82) is 5.26 Å². The van der Waals surface area contributed by atoms with Gasteiger partial charge >= 0.3 is 0 Å². The Bertz CT molecular complexity index is 873. The van der Waals surface area contributed by atoms with Gasteiger partial charge in [0.15, 0.2) is 11.5 Å². The zero-order chi connectivity index (χ0) is 19.8. The predicted molar refractivity (Wildman–Crippen MR) is 113 cm³/mol. The molecule has 27 heavy (non-hydrogen) atoms. The van der Waals surface area contributed by atoms with Gasteiger partial charge in [-0.25, -0.2) is 0 Å². The number of carbonyl (C=O) groups excluding carboxylic acids is 1. The molecule has 0 spiro atoms. The van der Waals surface area contributed by atoms with E-state index in [9.17, 15) is 10.1 Å². The highest BCUT2D eigenvalue weighted by Gasteiger charge is 2.15. The molecule has 2 rings (SSSR count). The summed E-state index contributed by atoms with van der Waals surface area (Å²) in [5.41, 5.74) is 1.70. The fourth-order valence-corrected chi connectivity index (χ4v) is 3.39. The van der Waals surface area contributed by atoms with Crippen molar-refractivity contribution in [3.8, 4) is 17.6 Å². The quantitative estimate of drug-likeness (QED) is 0.364. The molecule has 2 aromatic carbocycles. The molecule has 0 bridgehead atoms. The van der Waals surface area contributed by atoms with Crippen LogP contribution >= 0.6 is 22.6 Å². The summed E-state index contributed by atoms with van der Waals surface area (Å²) in [6.45, 7) is 4.25. The van der Waals surface area contributed by atoms with Crippen molar-refractivity contribution in [2.24, 2.45) is 0 Å². The fourth-order valence-electron chi connectivity index (χ4n) is 2.55. The summed E-state index contributed by atoms with van der Waals surface area (Å²) in [6.07, 6.45) is 1.55. The maximum absolute atomic E-state index is 12.5. The van der Waals surface area contributed by atoms with Gasteiger partial charge in [-0.05, 0) is 65.8 Å². The van der Waals surface area contributed by atoms with Crippen molar-refractivity contribution in [2.45, 2.75) is 19.9 Å². The number of amides is 1. The number of nitrogens with one attached hydrogen (secondary N) is 1. The normalized spacial score (nSPS) is 12.0. The van der Waals surface area contributed by atoms with Crippen LogP contribution in [0.4, 0.5) is 0 Å². The third-order valence-corrected chi connectivity index (χ3v) is 4.66. The number of nitriles is 1. The monoisotopic (exact) mass is 476 g/mol. The number of nitrogens with zero attached hydrogens (tertiary/aromatic N) is 1. The zero-order valence-electron chi connectivity index (χ0n) is 15.5. The topological polar surface area (TPSA) is 71.3 Å². The molecule has 2 aromatic rings. The molecule has 0 unspecified atom stereocenters. The van der Waals surface area contributed by atoms with E-state index >= 15 is 0 Å². The number of hydrogen-bond acceptors (Lipinski definition) is 4. The van der Waals surface area contributed by atoms with Crippen LogP contribution in [-0.4, -0.2) is 19.6 Å². The molecule has 0 radical (unpaired) electrons. The Morgan fingerprint density at radius 1 is 1.33 bits per heavy atom. The second-order valence-corrected chi connectivity index (χ2v) is 6.90. The van der Waals surface area contributed by atoms with Gasteiger partial charge in [-0.1, -0.05) is 30.3 Å². The van der Waals surface area contributed by atoms with Gasteiger partial charge in [-0.15, -0.1) is 0 Å². The SMILES string of the molecule is CCOc1cc(/C=C(/C#N)C(=O)N[C@@H](C)c2ccccc2)cc(I)c1OC. The van der Waals surface area contributed by atoms with Gasteiger partial charge in [0, 0.05) is 0 Å². The highest BCUT2D eigenvalue weighted by molar-refractivity contribution is 14.1. The molecule has 5 nitrogen and oxygen atoms in total. The van der Waals surface area contributed by atoms with E-state index in [1.165, 1.54) is 0 Å². The van der Waals surface area contributed by atoms with E-state index in [0.29, 0.717) is 23.7 Å². The maximum atomic E-state index is 12.5. The molecule has 1 atom stereocenters. The van der Waals surface area contributed by atoms with Crippen LogP contribution in [0.5, 0.6) is 11.5 Å². The van der Waals surface area contributed by atoms with Crippen LogP contribution in [0, 0.1) is 14.9 Å². The summed E-state index contributed by atoms with van der Waals surface area (Å²) in [4.78, 5) is 12.5. The van der Waals surface area contributed by atoms with Crippen molar-refractivity contribution >= 4 is 34.6 Å². The van der Waals surface area contributed by atoms with Gasteiger partial charge < -0.3 is 14.8 Å². The molecule has 1 amide bonds. The number of methoxy groups -OCH3 is 1. The molecule has 6 heteroatoms. The van der Waals surface area contributed by atoms with Crippen LogP contribution in [0.1, 0.15) is 31.0 Å². The van der Waals surface area contributed by atoms with Gasteiger partial charge in [-0.3, -0.25) is 4.79 Å². The second kappa shape index (κ2) is 9.97. The van der Waals surface area contributed by atoms with Crippen LogP contribution in [0.3, 0.4) is 0 Å². The highest BCUT2D eigenvalue weighted by Crippen LogP contribution is 2.34. The Kier molecular flexibility index (Phi) is 7.67. The van der Waals surface area contributed by atoms with E-state index in [2.05, 4.69) is 27.9 Å². The minimum absolute atomic E-state index is 0.0289. The second-order valence-electron chi connectivity index (χ2n) is 5.74. The van der Waals surface area contributed by atoms with Crippen LogP contribution in [0.2, 0.25) is 0 Å². The number of carbonyl (C=O) groups is 1. The minimum atomic E-state index is -0.419. The largest absolute Gasteiger partial charge is 0.492 e. The molecule has 0 aromatic heterocycles. The maximum Gasteiger partial charge on any atom is 0.262 e. The lowest BCUT2D eigenvalue weighted by atomic mass is 10.1. The fraction of sp³-hybridized carbons (Fsp3) is 0.238. The molecule has 0 aliphatic rings. The zero-order valence-corrected chi connectivity index (χ0v) is 17.6. The first-order valence-corrected chi connectivity index (χ1v) is 9.56. The highest BCUT2D eigenvalue weighted by atomic mass is 127. The van der Waals surface area contributed by atoms with Crippen molar-refractivity contribution < 1.29 is 14.3 Å². The number of halogens is 1. The molecule has 0 saturated heterocycles. The van der Waals surface area contributed by atoms with Crippen LogP contribution in [0.25, 0.3) is 6.08 Å². The van der Waals surface area contributed by atoms with Crippen LogP contribution in [-0.2, 0) is 4.79 Å². The lowest BCUT2D eigenvalue weighted by Gasteiger charge is -2.14. The molecule has 0 fully saturated rings. The number of ether oxygens (including phenoxy) is 2. The number of hydrogen-bond donors (Lipinski definition) is 1. The summed E-state index contributed by atoms with van der Waals surface area (Å²) in [6, 6.07) is 15.0. The Balaban J connectivity index is 2.27. The van der Waals surface area contributed by atoms with E-state index in [1.807, 2.05) is 56.3 Å². The molecule has 0 saturated carbocycles. The Morgan fingerprint density at radius 3 is 2.63 bits per heavy atom. The van der Waals surface area contributed by atoms with E-state index in [1.54, 1.807) is 19.3 Å². The summed E-state index contributed by atoms with van der Waals surface area (Å²) < 4.78 is 11.8. The predicted octanol–water partition coefficient (Wildman–Crippen LogP) is 4.48. The smallest absolute Gasteiger partial charge is 0.262 e. The molecule has 1 N–H and O–H groups in total.